The maximum absolute atomic E-state index is 13.1. The number of pyridine rings is 1. The van der Waals surface area contributed by atoms with Crippen LogP contribution in [0.2, 0.25) is 0 Å². The van der Waals surface area contributed by atoms with E-state index >= 15 is 0 Å². The summed E-state index contributed by atoms with van der Waals surface area (Å²) in [4.78, 5) is 25.5. The molecule has 0 fully saturated rings. The third kappa shape index (κ3) is 4.91. The topological polar surface area (TPSA) is 91.7 Å². The number of ether oxygens (including phenoxy) is 1. The third-order valence-corrected chi connectivity index (χ3v) is 5.45. The van der Waals surface area contributed by atoms with E-state index in [4.69, 9.17) is 8.92 Å². The van der Waals surface area contributed by atoms with Crippen LogP contribution in [0, 0.1) is 5.82 Å². The van der Waals surface area contributed by atoms with Gasteiger partial charge in [-0.25, -0.2) is 4.39 Å². The number of fused-ring (bicyclic) bond motifs is 1. The molecule has 0 bridgehead atoms. The summed E-state index contributed by atoms with van der Waals surface area (Å²) in [5.74, 6) is -0.733. The summed E-state index contributed by atoms with van der Waals surface area (Å²) in [7, 11) is -2.33. The summed E-state index contributed by atoms with van der Waals surface area (Å²) in [5.41, 5.74) is 1.16. The highest BCUT2D eigenvalue weighted by Gasteiger charge is 2.31. The fourth-order valence-electron chi connectivity index (χ4n) is 3.56. The smallest absolute Gasteiger partial charge is 0.264 e. The second kappa shape index (κ2) is 8.46. The molecule has 0 radical (unpaired) electrons. The molecule has 3 rings (SSSR count). The fraction of sp³-hybridized carbons (Fsp3) is 0.400. The minimum Gasteiger partial charge on any atom is -0.491 e. The molecule has 1 unspecified atom stereocenters. The summed E-state index contributed by atoms with van der Waals surface area (Å²) < 4.78 is 47.6. The number of aryl methyl sites for hydroxylation is 2. The van der Waals surface area contributed by atoms with Crippen LogP contribution < -0.4 is 10.2 Å². The molecule has 0 saturated carbocycles. The lowest BCUT2D eigenvalue weighted by atomic mass is 10.0. The number of hydrogen-bond acceptors (Lipinski definition) is 6. The van der Waals surface area contributed by atoms with Crippen molar-refractivity contribution in [1.29, 1.82) is 0 Å². The van der Waals surface area contributed by atoms with Crippen LogP contribution in [0.5, 0.6) is 5.75 Å². The minimum atomic E-state index is -3.64. The number of aromatic nitrogens is 1. The van der Waals surface area contributed by atoms with Crippen molar-refractivity contribution in [3.63, 3.8) is 0 Å². The molecule has 1 aliphatic heterocycles. The van der Waals surface area contributed by atoms with E-state index in [2.05, 4.69) is 0 Å². The lowest BCUT2D eigenvalue weighted by molar-refractivity contribution is 0.0965. The molecule has 2 aromatic rings. The maximum atomic E-state index is 13.1. The highest BCUT2D eigenvalue weighted by Crippen LogP contribution is 2.31. The zero-order valence-electron chi connectivity index (χ0n) is 16.2. The lowest BCUT2D eigenvalue weighted by Crippen LogP contribution is -2.25. The molecular formula is C20H22FNO6S. The van der Waals surface area contributed by atoms with Gasteiger partial charge in [-0.15, -0.1) is 0 Å². The van der Waals surface area contributed by atoms with Gasteiger partial charge in [0.1, 0.15) is 11.5 Å². The van der Waals surface area contributed by atoms with Crippen molar-refractivity contribution in [1.82, 2.24) is 4.57 Å². The monoisotopic (exact) mass is 423 g/mol. The summed E-state index contributed by atoms with van der Waals surface area (Å²) in [5, 5.41) is 0. The van der Waals surface area contributed by atoms with Gasteiger partial charge in [-0.05, 0) is 37.0 Å². The SMILES string of the molecule is COc1c(C(=O)CCc2ccc(F)cc2)n2c(cc1=O)CCC2COS(C)(=O)=O. The van der Waals surface area contributed by atoms with E-state index in [1.165, 1.54) is 25.3 Å². The predicted octanol–water partition coefficient (Wildman–Crippen LogP) is 2.28. The van der Waals surface area contributed by atoms with Crippen LogP contribution in [0.4, 0.5) is 4.39 Å². The molecule has 9 heteroatoms. The average molecular weight is 423 g/mol. The van der Waals surface area contributed by atoms with Crippen LogP contribution >= 0.6 is 0 Å². The van der Waals surface area contributed by atoms with Gasteiger partial charge in [0.2, 0.25) is 5.43 Å². The van der Waals surface area contributed by atoms with Crippen molar-refractivity contribution < 1.29 is 26.5 Å². The van der Waals surface area contributed by atoms with Gasteiger partial charge in [-0.3, -0.25) is 13.8 Å². The van der Waals surface area contributed by atoms with Gasteiger partial charge in [0, 0.05) is 18.2 Å². The Morgan fingerprint density at radius 1 is 1.28 bits per heavy atom. The second-order valence-electron chi connectivity index (χ2n) is 6.98. The van der Waals surface area contributed by atoms with Crippen LogP contribution in [0.1, 0.15) is 40.6 Å². The zero-order chi connectivity index (χ0) is 21.2. The Balaban J connectivity index is 1.92. The van der Waals surface area contributed by atoms with Crippen LogP contribution in [0.25, 0.3) is 0 Å². The number of nitrogens with zero attached hydrogens (tertiary/aromatic N) is 1. The third-order valence-electron chi connectivity index (χ3n) is 4.88. The minimum absolute atomic E-state index is 0.0656. The molecule has 0 saturated heterocycles. The molecule has 0 amide bonds. The number of carbonyl (C=O) groups excluding carboxylic acids is 1. The molecular weight excluding hydrogens is 401 g/mol. The molecule has 29 heavy (non-hydrogen) atoms. The first kappa shape index (κ1) is 21.2. The normalized spacial score (nSPS) is 15.9. The molecule has 1 aromatic carbocycles. The van der Waals surface area contributed by atoms with Gasteiger partial charge in [-0.1, -0.05) is 12.1 Å². The van der Waals surface area contributed by atoms with E-state index in [1.807, 2.05) is 0 Å². The van der Waals surface area contributed by atoms with Crippen molar-refractivity contribution in [2.75, 3.05) is 20.0 Å². The number of carbonyl (C=O) groups is 1. The Hall–Kier alpha value is -2.52. The van der Waals surface area contributed by atoms with Gasteiger partial charge in [-0.2, -0.15) is 8.42 Å². The maximum Gasteiger partial charge on any atom is 0.264 e. The molecule has 7 nitrogen and oxygen atoms in total. The molecule has 1 aromatic heterocycles. The van der Waals surface area contributed by atoms with E-state index in [-0.39, 0.29) is 36.1 Å². The van der Waals surface area contributed by atoms with Gasteiger partial charge < -0.3 is 9.30 Å². The largest absolute Gasteiger partial charge is 0.491 e. The Kier molecular flexibility index (Phi) is 6.18. The second-order valence-corrected chi connectivity index (χ2v) is 8.63. The van der Waals surface area contributed by atoms with Crippen LogP contribution in [-0.4, -0.2) is 38.7 Å². The molecule has 0 spiro atoms. The first-order valence-corrected chi connectivity index (χ1v) is 11.0. The average Bonchev–Trinajstić information content (AvgIpc) is 3.06. The van der Waals surface area contributed by atoms with Crippen LogP contribution in [-0.2, 0) is 27.1 Å². The summed E-state index contributed by atoms with van der Waals surface area (Å²) >= 11 is 0. The molecule has 1 atom stereocenters. The van der Waals surface area contributed by atoms with Crippen molar-refractivity contribution in [3.8, 4) is 5.75 Å². The molecule has 1 aliphatic rings. The van der Waals surface area contributed by atoms with Crippen molar-refractivity contribution >= 4 is 15.9 Å². The predicted molar refractivity (Wildman–Crippen MR) is 104 cm³/mol. The number of methoxy groups -OCH3 is 1. The number of Topliss-reactive ketones (excluding diaryl/α,β-unsaturated/α-hetero) is 1. The highest BCUT2D eigenvalue weighted by atomic mass is 32.2. The summed E-state index contributed by atoms with van der Waals surface area (Å²) in [6.45, 7) is -0.129. The standard InChI is InChI=1S/C20H22FNO6S/c1-27-20-18(24)11-15-8-9-16(12-28-29(2,25)26)22(15)19(20)17(23)10-5-13-3-6-14(21)7-4-13/h3-4,6-7,11,16H,5,8-10,12H2,1-2H3. The van der Waals surface area contributed by atoms with Crippen molar-refractivity contribution in [2.45, 2.75) is 31.7 Å². The van der Waals surface area contributed by atoms with E-state index in [9.17, 15) is 22.4 Å². The molecule has 2 heterocycles. The van der Waals surface area contributed by atoms with Crippen LogP contribution in [0.15, 0.2) is 35.1 Å². The quantitative estimate of drug-likeness (QED) is 0.478. The first-order chi connectivity index (χ1) is 13.7. The van der Waals surface area contributed by atoms with Crippen LogP contribution in [0.3, 0.4) is 0 Å². The highest BCUT2D eigenvalue weighted by molar-refractivity contribution is 7.85. The number of benzene rings is 1. The van der Waals surface area contributed by atoms with E-state index in [1.54, 1.807) is 16.7 Å². The zero-order valence-corrected chi connectivity index (χ0v) is 17.0. The van der Waals surface area contributed by atoms with Gasteiger partial charge >= 0.3 is 0 Å². The number of hydrogen-bond donors (Lipinski definition) is 0. The van der Waals surface area contributed by atoms with Gasteiger partial charge in [0.15, 0.2) is 11.5 Å². The number of ketones is 1. The lowest BCUT2D eigenvalue weighted by Gasteiger charge is -2.21. The Morgan fingerprint density at radius 3 is 2.59 bits per heavy atom. The Morgan fingerprint density at radius 2 is 1.97 bits per heavy atom. The number of halogens is 1. The Bertz CT molecular complexity index is 1080. The fourth-order valence-corrected chi connectivity index (χ4v) is 3.96. The molecule has 156 valence electrons. The van der Waals surface area contributed by atoms with E-state index in [0.29, 0.717) is 25.0 Å². The number of rotatable bonds is 8. The van der Waals surface area contributed by atoms with Gasteiger partial charge in [0.05, 0.1) is 26.0 Å². The molecule has 0 N–H and O–H groups in total. The van der Waals surface area contributed by atoms with Crippen molar-refractivity contribution in [3.05, 3.63) is 63.3 Å². The van der Waals surface area contributed by atoms with Crippen molar-refractivity contribution in [2.24, 2.45) is 0 Å². The summed E-state index contributed by atoms with van der Waals surface area (Å²) in [6, 6.07) is 6.86. The van der Waals surface area contributed by atoms with E-state index in [0.717, 1.165) is 11.8 Å². The summed E-state index contributed by atoms with van der Waals surface area (Å²) in [6.07, 6.45) is 2.48. The molecule has 0 aliphatic carbocycles. The van der Waals surface area contributed by atoms with Gasteiger partial charge in [0.25, 0.3) is 10.1 Å². The first-order valence-electron chi connectivity index (χ1n) is 9.14. The Labute approximate surface area is 168 Å². The van der Waals surface area contributed by atoms with E-state index < -0.39 is 21.6 Å².